The molecule has 0 spiro atoms. The number of carbonyl (C=O) groups excluding carboxylic acids is 3. The van der Waals surface area contributed by atoms with Gasteiger partial charge in [0.15, 0.2) is 0 Å². The lowest BCUT2D eigenvalue weighted by Gasteiger charge is -2.51. The molecule has 4 fully saturated rings. The smallest absolute Gasteiger partial charge is 0.255 e. The van der Waals surface area contributed by atoms with Crippen molar-refractivity contribution in [3.05, 3.63) is 29.3 Å². The number of benzene rings is 1. The van der Waals surface area contributed by atoms with Crippen molar-refractivity contribution in [3.8, 4) is 5.75 Å². The highest BCUT2D eigenvalue weighted by molar-refractivity contribution is 6.05. The van der Waals surface area contributed by atoms with E-state index in [9.17, 15) is 14.4 Å². The summed E-state index contributed by atoms with van der Waals surface area (Å²) >= 11 is 0. The van der Waals surface area contributed by atoms with Gasteiger partial charge in [-0.15, -0.1) is 0 Å². The lowest BCUT2D eigenvalue weighted by Crippen LogP contribution is -2.59. The summed E-state index contributed by atoms with van der Waals surface area (Å²) in [7, 11) is 0. The Labute approximate surface area is 231 Å². The number of fused-ring (bicyclic) bond motifs is 1. The fourth-order valence-corrected chi connectivity index (χ4v) is 7.63. The molecule has 3 atom stereocenters. The molecular weight excluding hydrogens is 494 g/mol. The first kappa shape index (κ1) is 26.8. The molecule has 2 saturated carbocycles. The third kappa shape index (κ3) is 5.60. The van der Waals surface area contributed by atoms with Crippen LogP contribution in [0.15, 0.2) is 18.2 Å². The number of nitrogens with one attached hydrogen (secondary N) is 1. The fraction of sp³-hybridized carbons (Fsp3) is 0.710. The van der Waals surface area contributed by atoms with Gasteiger partial charge in [-0.2, -0.15) is 0 Å². The maximum Gasteiger partial charge on any atom is 0.255 e. The molecule has 3 amide bonds. The Hall–Kier alpha value is -2.45. The monoisotopic (exact) mass is 537 g/mol. The van der Waals surface area contributed by atoms with Crippen LogP contribution in [-0.4, -0.2) is 71.0 Å². The maximum absolute atomic E-state index is 13.0. The van der Waals surface area contributed by atoms with E-state index in [1.54, 1.807) is 4.90 Å². The van der Waals surface area contributed by atoms with Crippen LogP contribution in [0.1, 0.15) is 94.0 Å². The predicted octanol–water partition coefficient (Wildman–Crippen LogP) is 4.05. The maximum atomic E-state index is 13.0. The molecule has 5 aliphatic rings. The van der Waals surface area contributed by atoms with E-state index in [1.165, 1.54) is 58.0 Å². The van der Waals surface area contributed by atoms with Crippen molar-refractivity contribution in [1.82, 2.24) is 15.1 Å². The zero-order valence-electron chi connectivity index (χ0n) is 23.4. The molecule has 2 aliphatic carbocycles. The van der Waals surface area contributed by atoms with E-state index in [2.05, 4.69) is 24.1 Å². The van der Waals surface area contributed by atoms with Crippen LogP contribution < -0.4 is 10.1 Å². The summed E-state index contributed by atoms with van der Waals surface area (Å²) in [5, 5.41) is 2.37. The number of imide groups is 1. The lowest BCUT2D eigenvalue weighted by molar-refractivity contribution is -0.136. The Balaban J connectivity index is 1.04. The second-order valence-electron chi connectivity index (χ2n) is 12.7. The van der Waals surface area contributed by atoms with E-state index in [-0.39, 0.29) is 30.2 Å². The minimum atomic E-state index is -0.591. The van der Waals surface area contributed by atoms with E-state index < -0.39 is 6.04 Å². The zero-order chi connectivity index (χ0) is 27.1. The average Bonchev–Trinajstić information content (AvgIpc) is 3.20. The molecule has 3 aliphatic heterocycles. The number of rotatable bonds is 7. The Kier molecular flexibility index (Phi) is 7.68. The van der Waals surface area contributed by atoms with E-state index in [4.69, 9.17) is 9.47 Å². The lowest BCUT2D eigenvalue weighted by atomic mass is 9.74. The summed E-state index contributed by atoms with van der Waals surface area (Å²) in [6.45, 7) is 7.02. The van der Waals surface area contributed by atoms with Crippen molar-refractivity contribution in [3.63, 3.8) is 0 Å². The molecule has 2 saturated heterocycles. The molecule has 3 heterocycles. The number of nitrogens with zero attached hydrogens (tertiary/aromatic N) is 2. The number of piperidine rings is 1. The van der Waals surface area contributed by atoms with E-state index in [0.717, 1.165) is 29.6 Å². The topological polar surface area (TPSA) is 88.2 Å². The molecule has 39 heavy (non-hydrogen) atoms. The Bertz CT molecular complexity index is 1090. The van der Waals surface area contributed by atoms with Gasteiger partial charge in [-0.05, 0) is 101 Å². The van der Waals surface area contributed by atoms with Crippen LogP contribution in [0.3, 0.4) is 0 Å². The molecule has 1 aromatic carbocycles. The van der Waals surface area contributed by atoms with Crippen molar-refractivity contribution in [2.24, 2.45) is 11.8 Å². The third-order valence-corrected chi connectivity index (χ3v) is 9.71. The minimum Gasteiger partial charge on any atom is -0.489 e. The average molecular weight is 538 g/mol. The summed E-state index contributed by atoms with van der Waals surface area (Å²) in [5.41, 5.74) is 1.53. The molecule has 1 unspecified atom stereocenters. The van der Waals surface area contributed by atoms with Crippen molar-refractivity contribution < 1.29 is 23.9 Å². The first-order valence-corrected chi connectivity index (χ1v) is 15.2. The minimum absolute atomic E-state index is 0.141. The van der Waals surface area contributed by atoms with Crippen LogP contribution >= 0.6 is 0 Å². The largest absolute Gasteiger partial charge is 0.489 e. The number of ether oxygens (including phenoxy) is 2. The molecule has 1 aromatic rings. The first-order valence-electron chi connectivity index (χ1n) is 15.2. The quantitative estimate of drug-likeness (QED) is 0.528. The normalized spacial score (nSPS) is 32.2. The van der Waals surface area contributed by atoms with Gasteiger partial charge in [-0.25, -0.2) is 0 Å². The highest BCUT2D eigenvalue weighted by Crippen LogP contribution is 2.40. The van der Waals surface area contributed by atoms with Gasteiger partial charge >= 0.3 is 0 Å². The number of hydrogen-bond acceptors (Lipinski definition) is 6. The molecule has 6 rings (SSSR count). The standard InChI is InChI=1S/C31H43N3O5/c1-19(2)38-23-9-7-20(8-10-23)22-16-33(17-22)26-5-3-4-6-28(26)39-24-11-12-25-21(15-24)18-34(31(25)37)27-13-14-29(35)32-30(27)36/h11-12,15,19-20,22-23,26-28H,3-10,13-14,16-18H2,1-2H3,(H,32,35,36)/t20?,23?,26-,27?,28+/m1/s1. The highest BCUT2D eigenvalue weighted by Gasteiger charge is 2.43. The first-order chi connectivity index (χ1) is 18.9. The number of hydrogen-bond donors (Lipinski definition) is 1. The van der Waals surface area contributed by atoms with E-state index in [1.807, 2.05) is 18.2 Å². The third-order valence-electron chi connectivity index (χ3n) is 9.71. The van der Waals surface area contributed by atoms with Crippen LogP contribution in [0.5, 0.6) is 5.75 Å². The molecule has 1 N–H and O–H groups in total. The summed E-state index contributed by atoms with van der Waals surface area (Å²) in [6.07, 6.45) is 11.3. The Morgan fingerprint density at radius 3 is 2.44 bits per heavy atom. The molecule has 0 bridgehead atoms. The molecular formula is C31H43N3O5. The van der Waals surface area contributed by atoms with Crippen molar-refractivity contribution >= 4 is 17.7 Å². The van der Waals surface area contributed by atoms with E-state index >= 15 is 0 Å². The van der Waals surface area contributed by atoms with Gasteiger partial charge < -0.3 is 14.4 Å². The van der Waals surface area contributed by atoms with Gasteiger partial charge in [-0.1, -0.05) is 6.42 Å². The molecule has 8 nitrogen and oxygen atoms in total. The summed E-state index contributed by atoms with van der Waals surface area (Å²) in [6, 6.07) is 5.60. The van der Waals surface area contributed by atoms with Crippen molar-refractivity contribution in [1.29, 1.82) is 0 Å². The number of amides is 3. The molecule has 0 radical (unpaired) electrons. The number of carbonyl (C=O) groups is 3. The van der Waals surface area contributed by atoms with Crippen LogP contribution in [0.2, 0.25) is 0 Å². The molecule has 8 heteroatoms. The van der Waals surface area contributed by atoms with Crippen LogP contribution in [-0.2, 0) is 20.9 Å². The van der Waals surface area contributed by atoms with Crippen LogP contribution in [0, 0.1) is 11.8 Å². The highest BCUT2D eigenvalue weighted by atomic mass is 16.5. The number of likely N-dealkylation sites (tertiary alicyclic amines) is 1. The Morgan fingerprint density at radius 1 is 0.923 bits per heavy atom. The zero-order valence-corrected chi connectivity index (χ0v) is 23.4. The molecule has 0 aromatic heterocycles. The predicted molar refractivity (Wildman–Crippen MR) is 146 cm³/mol. The van der Waals surface area contributed by atoms with Crippen LogP contribution in [0.25, 0.3) is 0 Å². The second-order valence-corrected chi connectivity index (χ2v) is 12.7. The van der Waals surface area contributed by atoms with Crippen LogP contribution in [0.4, 0.5) is 0 Å². The van der Waals surface area contributed by atoms with E-state index in [0.29, 0.717) is 36.8 Å². The summed E-state index contributed by atoms with van der Waals surface area (Å²) in [5.74, 6) is 1.66. The van der Waals surface area contributed by atoms with Crippen molar-refractivity contribution in [2.45, 2.75) is 115 Å². The van der Waals surface area contributed by atoms with Crippen molar-refractivity contribution in [2.75, 3.05) is 13.1 Å². The van der Waals surface area contributed by atoms with Gasteiger partial charge in [0.1, 0.15) is 17.9 Å². The van der Waals surface area contributed by atoms with Gasteiger partial charge in [0.2, 0.25) is 11.8 Å². The van der Waals surface area contributed by atoms with Gasteiger partial charge in [0, 0.05) is 37.7 Å². The SMILES string of the molecule is CC(C)OC1CCC(C2CN([C@@H]3CCCC[C@@H]3Oc3ccc4c(c3)CN(C3CCC(=O)NC3=O)C4=O)C2)CC1. The summed E-state index contributed by atoms with van der Waals surface area (Å²) in [4.78, 5) is 41.2. The Morgan fingerprint density at radius 2 is 1.69 bits per heavy atom. The fourth-order valence-electron chi connectivity index (χ4n) is 7.63. The second kappa shape index (κ2) is 11.2. The van der Waals surface area contributed by atoms with Gasteiger partial charge in [-0.3, -0.25) is 24.6 Å². The molecule has 212 valence electrons. The van der Waals surface area contributed by atoms with Gasteiger partial charge in [0.05, 0.1) is 12.2 Å². The summed E-state index contributed by atoms with van der Waals surface area (Å²) < 4.78 is 12.7. The van der Waals surface area contributed by atoms with Gasteiger partial charge in [0.25, 0.3) is 5.91 Å².